The molecule has 1 aliphatic carbocycles. The van der Waals surface area contributed by atoms with Crippen LogP contribution in [-0.4, -0.2) is 42.9 Å². The second-order valence-electron chi connectivity index (χ2n) is 5.18. The third kappa shape index (κ3) is 3.19. The Morgan fingerprint density at radius 3 is 2.71 bits per heavy atom. The summed E-state index contributed by atoms with van der Waals surface area (Å²) in [5, 5.41) is 19.1. The van der Waals surface area contributed by atoms with Crippen molar-refractivity contribution in [3.8, 4) is 0 Å². The van der Waals surface area contributed by atoms with Crippen LogP contribution in [0.15, 0.2) is 6.07 Å². The molecular formula is C12H18N8O. The van der Waals surface area contributed by atoms with Crippen LogP contribution < -0.4 is 16.8 Å². The van der Waals surface area contributed by atoms with Gasteiger partial charge >= 0.3 is 0 Å². The van der Waals surface area contributed by atoms with E-state index >= 15 is 0 Å². The standard InChI is InChI=1S/C12H18N8O/c13-11-16-8(6-3-7(21)4-6)5-10(18-11)15-2-1-9-17-12(14)20-19-9/h5-7,21H,1-4H2,(H3,13,15,16,18)(H3,14,17,19,20). The third-order valence-corrected chi connectivity index (χ3v) is 3.51. The average molecular weight is 290 g/mol. The molecule has 3 rings (SSSR count). The molecule has 2 aromatic heterocycles. The highest BCUT2D eigenvalue weighted by atomic mass is 16.3. The van der Waals surface area contributed by atoms with Gasteiger partial charge in [-0.15, -0.1) is 5.10 Å². The van der Waals surface area contributed by atoms with Crippen LogP contribution in [0.5, 0.6) is 0 Å². The Bertz CT molecular complexity index is 621. The highest BCUT2D eigenvalue weighted by molar-refractivity contribution is 5.42. The lowest BCUT2D eigenvalue weighted by molar-refractivity contribution is 0.0732. The van der Waals surface area contributed by atoms with Gasteiger partial charge in [-0.25, -0.2) is 4.98 Å². The molecular weight excluding hydrogens is 272 g/mol. The largest absolute Gasteiger partial charge is 0.393 e. The predicted octanol–water partition coefficient (Wildman–Crippen LogP) is -0.348. The Morgan fingerprint density at radius 2 is 2.05 bits per heavy atom. The molecule has 112 valence electrons. The summed E-state index contributed by atoms with van der Waals surface area (Å²) < 4.78 is 0. The van der Waals surface area contributed by atoms with Crippen LogP contribution in [0.2, 0.25) is 0 Å². The number of aromatic nitrogens is 5. The van der Waals surface area contributed by atoms with E-state index in [4.69, 9.17) is 11.5 Å². The monoisotopic (exact) mass is 290 g/mol. The maximum atomic E-state index is 9.37. The van der Waals surface area contributed by atoms with E-state index in [2.05, 4.69) is 30.5 Å². The topological polar surface area (TPSA) is 152 Å². The van der Waals surface area contributed by atoms with Gasteiger partial charge in [-0.1, -0.05) is 0 Å². The maximum Gasteiger partial charge on any atom is 0.239 e. The molecule has 0 aromatic carbocycles. The summed E-state index contributed by atoms with van der Waals surface area (Å²) in [6.07, 6.45) is 1.88. The van der Waals surface area contributed by atoms with Gasteiger partial charge in [0, 0.05) is 24.9 Å². The van der Waals surface area contributed by atoms with Crippen molar-refractivity contribution in [3.63, 3.8) is 0 Å². The van der Waals surface area contributed by atoms with Crippen LogP contribution >= 0.6 is 0 Å². The van der Waals surface area contributed by atoms with Crippen LogP contribution in [0.1, 0.15) is 30.3 Å². The van der Waals surface area contributed by atoms with E-state index in [1.54, 1.807) is 0 Å². The molecule has 0 aliphatic heterocycles. The van der Waals surface area contributed by atoms with Crippen molar-refractivity contribution in [2.75, 3.05) is 23.3 Å². The minimum Gasteiger partial charge on any atom is -0.393 e. The van der Waals surface area contributed by atoms with Gasteiger partial charge in [0.15, 0.2) is 0 Å². The van der Waals surface area contributed by atoms with Crippen molar-refractivity contribution < 1.29 is 5.11 Å². The molecule has 0 radical (unpaired) electrons. The number of aliphatic hydroxyl groups is 1. The molecule has 0 amide bonds. The normalized spacial score (nSPS) is 21.0. The lowest BCUT2D eigenvalue weighted by atomic mass is 9.80. The predicted molar refractivity (Wildman–Crippen MR) is 77.4 cm³/mol. The molecule has 9 heteroatoms. The fourth-order valence-electron chi connectivity index (χ4n) is 2.35. The lowest BCUT2D eigenvalue weighted by Gasteiger charge is -2.30. The molecule has 1 saturated carbocycles. The smallest absolute Gasteiger partial charge is 0.239 e. The first-order valence-electron chi connectivity index (χ1n) is 6.83. The molecule has 1 aliphatic rings. The first-order valence-corrected chi connectivity index (χ1v) is 6.83. The number of anilines is 3. The molecule has 21 heavy (non-hydrogen) atoms. The zero-order chi connectivity index (χ0) is 14.8. The van der Waals surface area contributed by atoms with E-state index in [9.17, 15) is 5.11 Å². The second-order valence-corrected chi connectivity index (χ2v) is 5.18. The van der Waals surface area contributed by atoms with Crippen LogP contribution in [-0.2, 0) is 6.42 Å². The molecule has 0 atom stereocenters. The van der Waals surface area contributed by atoms with Gasteiger partial charge in [0.25, 0.3) is 0 Å². The Hall–Kier alpha value is -2.42. The number of aromatic amines is 1. The molecule has 0 unspecified atom stereocenters. The van der Waals surface area contributed by atoms with Crippen LogP contribution in [0.25, 0.3) is 0 Å². The van der Waals surface area contributed by atoms with Gasteiger partial charge in [-0.3, -0.25) is 5.10 Å². The molecule has 1 fully saturated rings. The average Bonchev–Trinajstić information content (AvgIpc) is 2.80. The van der Waals surface area contributed by atoms with Gasteiger partial charge in [0.05, 0.1) is 11.8 Å². The number of nitrogens with two attached hydrogens (primary N) is 2. The van der Waals surface area contributed by atoms with Crippen LogP contribution in [0, 0.1) is 0 Å². The summed E-state index contributed by atoms with van der Waals surface area (Å²) in [5.41, 5.74) is 12.0. The SMILES string of the molecule is Nc1nc(NCCc2nc(N)n[nH]2)cc(C2CC(O)C2)n1. The summed E-state index contributed by atoms with van der Waals surface area (Å²) in [6.45, 7) is 0.623. The number of nitrogens with zero attached hydrogens (tertiary/aromatic N) is 4. The minimum atomic E-state index is -0.223. The van der Waals surface area contributed by atoms with E-state index in [0.717, 1.165) is 18.5 Å². The second kappa shape index (κ2) is 5.52. The van der Waals surface area contributed by atoms with Crippen molar-refractivity contribution in [2.24, 2.45) is 0 Å². The van der Waals surface area contributed by atoms with Crippen molar-refractivity contribution in [1.82, 2.24) is 25.1 Å². The summed E-state index contributed by atoms with van der Waals surface area (Å²) in [5.74, 6) is 2.12. The van der Waals surface area contributed by atoms with Crippen LogP contribution in [0.4, 0.5) is 17.7 Å². The molecule has 7 N–H and O–H groups in total. The first kappa shape index (κ1) is 13.6. The summed E-state index contributed by atoms with van der Waals surface area (Å²) in [4.78, 5) is 12.4. The molecule has 9 nitrogen and oxygen atoms in total. The summed E-state index contributed by atoms with van der Waals surface area (Å²) >= 11 is 0. The van der Waals surface area contributed by atoms with E-state index in [1.807, 2.05) is 6.07 Å². The van der Waals surface area contributed by atoms with Gasteiger partial charge in [-0.05, 0) is 12.8 Å². The Balaban J connectivity index is 1.59. The van der Waals surface area contributed by atoms with E-state index in [0.29, 0.717) is 24.6 Å². The quantitative estimate of drug-likeness (QED) is 0.501. The fourth-order valence-corrected chi connectivity index (χ4v) is 2.35. The highest BCUT2D eigenvalue weighted by Crippen LogP contribution is 2.36. The van der Waals surface area contributed by atoms with Gasteiger partial charge < -0.3 is 21.9 Å². The number of H-pyrrole nitrogens is 1. The van der Waals surface area contributed by atoms with Crippen molar-refractivity contribution in [3.05, 3.63) is 17.6 Å². The summed E-state index contributed by atoms with van der Waals surface area (Å²) in [7, 11) is 0. The van der Waals surface area contributed by atoms with Gasteiger partial charge in [0.2, 0.25) is 11.9 Å². The molecule has 2 heterocycles. The number of nitrogens with one attached hydrogen (secondary N) is 2. The van der Waals surface area contributed by atoms with E-state index < -0.39 is 0 Å². The third-order valence-electron chi connectivity index (χ3n) is 3.51. The lowest BCUT2D eigenvalue weighted by Crippen LogP contribution is -2.27. The highest BCUT2D eigenvalue weighted by Gasteiger charge is 2.30. The zero-order valence-corrected chi connectivity index (χ0v) is 11.5. The minimum absolute atomic E-state index is 0.223. The number of nitrogen functional groups attached to an aromatic ring is 2. The molecule has 0 spiro atoms. The zero-order valence-electron chi connectivity index (χ0n) is 11.5. The summed E-state index contributed by atoms with van der Waals surface area (Å²) in [6, 6.07) is 1.88. The number of hydrogen-bond acceptors (Lipinski definition) is 8. The Morgan fingerprint density at radius 1 is 1.24 bits per heavy atom. The van der Waals surface area contributed by atoms with E-state index in [1.165, 1.54) is 0 Å². The Kier molecular flexibility index (Phi) is 3.57. The van der Waals surface area contributed by atoms with Crippen molar-refractivity contribution in [2.45, 2.75) is 31.3 Å². The number of hydrogen-bond donors (Lipinski definition) is 5. The molecule has 2 aromatic rings. The van der Waals surface area contributed by atoms with Gasteiger partial charge in [-0.2, -0.15) is 9.97 Å². The van der Waals surface area contributed by atoms with Crippen LogP contribution in [0.3, 0.4) is 0 Å². The van der Waals surface area contributed by atoms with Gasteiger partial charge in [0.1, 0.15) is 11.6 Å². The maximum absolute atomic E-state index is 9.37. The first-order chi connectivity index (χ1) is 10.1. The molecule has 0 saturated heterocycles. The molecule has 0 bridgehead atoms. The van der Waals surface area contributed by atoms with Crippen molar-refractivity contribution in [1.29, 1.82) is 0 Å². The number of rotatable bonds is 5. The van der Waals surface area contributed by atoms with E-state index in [-0.39, 0.29) is 23.9 Å². The number of aliphatic hydroxyl groups excluding tert-OH is 1. The van der Waals surface area contributed by atoms with Crippen molar-refractivity contribution >= 4 is 17.7 Å². The Labute approximate surface area is 121 Å². The fraction of sp³-hybridized carbons (Fsp3) is 0.500.